The second-order valence-corrected chi connectivity index (χ2v) is 6.08. The van der Waals surface area contributed by atoms with Gasteiger partial charge in [-0.05, 0) is 38.1 Å². The molecule has 2 N–H and O–H groups in total. The minimum atomic E-state index is -0.503. The smallest absolute Gasteiger partial charge is 0.279 e. The molecule has 3 rings (SSSR count). The highest BCUT2D eigenvalue weighted by atomic mass is 32.1. The van der Waals surface area contributed by atoms with Crippen molar-refractivity contribution in [1.82, 2.24) is 10.9 Å². The lowest BCUT2D eigenvalue weighted by Crippen LogP contribution is -2.41. The standard InChI is InChI=1S/C16H13FN2O3S/c1-8-6-10(9(2)22-8)15(20)18-19-16(21)14-7-11-12(17)4-3-5-13(11)23-14/h3-7H,1-2H3,(H,18,20)(H,19,21). The number of rotatable bonds is 2. The van der Waals surface area contributed by atoms with Crippen LogP contribution in [0.3, 0.4) is 0 Å². The van der Waals surface area contributed by atoms with Gasteiger partial charge in [-0.2, -0.15) is 0 Å². The Morgan fingerprint density at radius 1 is 1.13 bits per heavy atom. The van der Waals surface area contributed by atoms with Gasteiger partial charge in [0.25, 0.3) is 11.8 Å². The molecular formula is C16H13FN2O3S. The van der Waals surface area contributed by atoms with Crippen molar-refractivity contribution in [2.45, 2.75) is 13.8 Å². The third-order valence-corrected chi connectivity index (χ3v) is 4.41. The number of amides is 2. The highest BCUT2D eigenvalue weighted by Gasteiger charge is 2.16. The van der Waals surface area contributed by atoms with Crippen molar-refractivity contribution in [3.8, 4) is 0 Å². The molecule has 0 aliphatic carbocycles. The first kappa shape index (κ1) is 15.2. The van der Waals surface area contributed by atoms with Gasteiger partial charge in [-0.15, -0.1) is 11.3 Å². The van der Waals surface area contributed by atoms with E-state index in [4.69, 9.17) is 4.42 Å². The Hall–Kier alpha value is -2.67. The minimum absolute atomic E-state index is 0.311. The largest absolute Gasteiger partial charge is 0.466 e. The van der Waals surface area contributed by atoms with Crippen LogP contribution in [-0.4, -0.2) is 11.8 Å². The highest BCUT2D eigenvalue weighted by molar-refractivity contribution is 7.20. The molecule has 0 saturated carbocycles. The van der Waals surface area contributed by atoms with Crippen LogP contribution in [0.25, 0.3) is 10.1 Å². The SMILES string of the molecule is Cc1cc(C(=O)NNC(=O)c2cc3c(F)cccc3s2)c(C)o1. The van der Waals surface area contributed by atoms with Crippen molar-refractivity contribution in [3.63, 3.8) is 0 Å². The van der Waals surface area contributed by atoms with E-state index in [1.165, 1.54) is 12.1 Å². The molecule has 5 nitrogen and oxygen atoms in total. The summed E-state index contributed by atoms with van der Waals surface area (Å²) in [6.45, 7) is 3.40. The third-order valence-electron chi connectivity index (χ3n) is 3.31. The van der Waals surface area contributed by atoms with Crippen molar-refractivity contribution < 1.29 is 18.4 Å². The average Bonchev–Trinajstić information content (AvgIpc) is 3.08. The van der Waals surface area contributed by atoms with E-state index in [1.54, 1.807) is 32.0 Å². The van der Waals surface area contributed by atoms with Crippen molar-refractivity contribution >= 4 is 33.2 Å². The summed E-state index contributed by atoms with van der Waals surface area (Å²) < 4.78 is 19.6. The van der Waals surface area contributed by atoms with E-state index in [0.29, 0.717) is 32.0 Å². The molecule has 2 aromatic heterocycles. The van der Waals surface area contributed by atoms with E-state index in [2.05, 4.69) is 10.9 Å². The number of hydrogen-bond donors (Lipinski definition) is 2. The molecule has 0 bridgehead atoms. The summed E-state index contributed by atoms with van der Waals surface area (Å²) in [5.74, 6) is -0.278. The van der Waals surface area contributed by atoms with Crippen LogP contribution >= 0.6 is 11.3 Å². The molecule has 23 heavy (non-hydrogen) atoms. The number of carbonyl (C=O) groups excluding carboxylic acids is 2. The Morgan fingerprint density at radius 2 is 1.87 bits per heavy atom. The minimum Gasteiger partial charge on any atom is -0.466 e. The Bertz CT molecular complexity index is 913. The van der Waals surface area contributed by atoms with Crippen LogP contribution in [0.1, 0.15) is 31.6 Å². The van der Waals surface area contributed by atoms with Gasteiger partial charge in [0.05, 0.1) is 10.4 Å². The van der Waals surface area contributed by atoms with Crippen LogP contribution < -0.4 is 10.9 Å². The van der Waals surface area contributed by atoms with E-state index >= 15 is 0 Å². The van der Waals surface area contributed by atoms with Gasteiger partial charge in [0.2, 0.25) is 0 Å². The molecule has 2 heterocycles. The second kappa shape index (κ2) is 5.85. The fourth-order valence-electron chi connectivity index (χ4n) is 2.24. The number of fused-ring (bicyclic) bond motifs is 1. The second-order valence-electron chi connectivity index (χ2n) is 5.00. The molecule has 0 radical (unpaired) electrons. The van der Waals surface area contributed by atoms with Gasteiger partial charge < -0.3 is 4.42 Å². The molecule has 0 fully saturated rings. The first-order valence-corrected chi connectivity index (χ1v) is 7.63. The summed E-state index contributed by atoms with van der Waals surface area (Å²) in [4.78, 5) is 24.4. The highest BCUT2D eigenvalue weighted by Crippen LogP contribution is 2.27. The van der Waals surface area contributed by atoms with Crippen molar-refractivity contribution in [3.05, 3.63) is 58.1 Å². The van der Waals surface area contributed by atoms with Crippen LogP contribution in [-0.2, 0) is 0 Å². The number of hydrazine groups is 1. The van der Waals surface area contributed by atoms with Gasteiger partial charge in [0, 0.05) is 10.1 Å². The van der Waals surface area contributed by atoms with Gasteiger partial charge in [-0.1, -0.05) is 6.07 Å². The molecular weight excluding hydrogens is 319 g/mol. The molecule has 0 aliphatic rings. The zero-order valence-electron chi connectivity index (χ0n) is 12.4. The number of aryl methyl sites for hydroxylation is 2. The van der Waals surface area contributed by atoms with Gasteiger partial charge in [-0.25, -0.2) is 4.39 Å². The number of furan rings is 1. The van der Waals surface area contributed by atoms with Crippen LogP contribution in [0.2, 0.25) is 0 Å². The maximum absolute atomic E-state index is 13.6. The molecule has 0 atom stereocenters. The van der Waals surface area contributed by atoms with Gasteiger partial charge in [-0.3, -0.25) is 20.4 Å². The van der Waals surface area contributed by atoms with E-state index in [9.17, 15) is 14.0 Å². The lowest BCUT2D eigenvalue weighted by molar-refractivity contribution is 0.0848. The predicted octanol–water partition coefficient (Wildman–Crippen LogP) is 3.33. The van der Waals surface area contributed by atoms with Crippen molar-refractivity contribution in [2.24, 2.45) is 0 Å². The Morgan fingerprint density at radius 3 is 2.52 bits per heavy atom. The molecule has 1 aromatic carbocycles. The zero-order valence-corrected chi connectivity index (χ0v) is 13.2. The summed E-state index contributed by atoms with van der Waals surface area (Å²) in [6, 6.07) is 7.70. The number of thiophene rings is 1. The lowest BCUT2D eigenvalue weighted by Gasteiger charge is -2.05. The molecule has 7 heteroatoms. The molecule has 0 unspecified atom stereocenters. The summed E-state index contributed by atoms with van der Waals surface area (Å²) in [5, 5.41) is 0.385. The van der Waals surface area contributed by atoms with E-state index < -0.39 is 11.8 Å². The lowest BCUT2D eigenvalue weighted by atomic mass is 10.2. The zero-order chi connectivity index (χ0) is 16.6. The fourth-order valence-corrected chi connectivity index (χ4v) is 3.21. The molecule has 0 saturated heterocycles. The summed E-state index contributed by atoms with van der Waals surface area (Å²) >= 11 is 1.15. The molecule has 118 valence electrons. The van der Waals surface area contributed by atoms with Crippen molar-refractivity contribution in [1.29, 1.82) is 0 Å². The van der Waals surface area contributed by atoms with Gasteiger partial charge >= 0.3 is 0 Å². The number of benzene rings is 1. The maximum atomic E-state index is 13.6. The van der Waals surface area contributed by atoms with Gasteiger partial charge in [0.15, 0.2) is 0 Å². The monoisotopic (exact) mass is 332 g/mol. The Kier molecular flexibility index (Phi) is 3.87. The topological polar surface area (TPSA) is 71.3 Å². The average molecular weight is 332 g/mol. The number of carbonyl (C=O) groups is 2. The summed E-state index contributed by atoms with van der Waals surface area (Å²) in [6.07, 6.45) is 0. The third kappa shape index (κ3) is 2.95. The number of nitrogens with one attached hydrogen (secondary N) is 2. The van der Waals surface area contributed by atoms with Crippen LogP contribution in [0, 0.1) is 19.7 Å². The van der Waals surface area contributed by atoms with E-state index in [0.717, 1.165) is 11.3 Å². The normalized spacial score (nSPS) is 10.7. The summed E-state index contributed by atoms with van der Waals surface area (Å²) in [5.41, 5.74) is 5.00. The molecule has 2 amide bonds. The fraction of sp³-hybridized carbons (Fsp3) is 0.125. The van der Waals surface area contributed by atoms with E-state index in [1.807, 2.05) is 0 Å². The maximum Gasteiger partial charge on any atom is 0.279 e. The van der Waals surface area contributed by atoms with Crippen LogP contribution in [0.15, 0.2) is 34.7 Å². The van der Waals surface area contributed by atoms with Crippen LogP contribution in [0.5, 0.6) is 0 Å². The summed E-state index contributed by atoms with van der Waals surface area (Å²) in [7, 11) is 0. The quantitative estimate of drug-likeness (QED) is 0.707. The molecule has 0 aliphatic heterocycles. The number of halogens is 1. The number of hydrogen-bond acceptors (Lipinski definition) is 4. The first-order valence-electron chi connectivity index (χ1n) is 6.81. The van der Waals surface area contributed by atoms with Crippen molar-refractivity contribution in [2.75, 3.05) is 0 Å². The van der Waals surface area contributed by atoms with E-state index in [-0.39, 0.29) is 5.82 Å². The Balaban J connectivity index is 1.72. The van der Waals surface area contributed by atoms with Crippen LogP contribution in [0.4, 0.5) is 4.39 Å². The van der Waals surface area contributed by atoms with Gasteiger partial charge in [0.1, 0.15) is 17.3 Å². The predicted molar refractivity (Wildman–Crippen MR) is 84.9 cm³/mol. The first-order chi connectivity index (χ1) is 11.0. The Labute approximate surface area is 135 Å². The molecule has 0 spiro atoms. The molecule has 3 aromatic rings.